The van der Waals surface area contributed by atoms with Crippen LogP contribution in [-0.4, -0.2) is 72.5 Å². The van der Waals surface area contributed by atoms with E-state index in [2.05, 4.69) is 9.97 Å². The Hall–Kier alpha value is -3.31. The SMILES string of the molecule is CN(CCOC(=O)c1cccnc1)CC(O)Cn1cnc2c1c(=O)n(C)c(=O)n2C. The third-order valence-electron chi connectivity index (χ3n) is 4.75. The van der Waals surface area contributed by atoms with Crippen molar-refractivity contribution in [2.75, 3.05) is 26.7 Å². The molecule has 3 aromatic rings. The van der Waals surface area contributed by atoms with Crippen LogP contribution < -0.4 is 11.2 Å². The summed E-state index contributed by atoms with van der Waals surface area (Å²) >= 11 is 0. The molecule has 11 nitrogen and oxygen atoms in total. The van der Waals surface area contributed by atoms with Crippen molar-refractivity contribution in [3.05, 3.63) is 57.3 Å². The first kappa shape index (κ1) is 21.4. The monoisotopic (exact) mass is 416 g/mol. The van der Waals surface area contributed by atoms with Crippen LogP contribution in [0, 0.1) is 0 Å². The molecule has 1 atom stereocenters. The molecule has 0 radical (unpaired) electrons. The summed E-state index contributed by atoms with van der Waals surface area (Å²) in [6.45, 7) is 0.998. The topological polar surface area (TPSA) is 124 Å². The van der Waals surface area contributed by atoms with E-state index in [-0.39, 0.29) is 30.9 Å². The van der Waals surface area contributed by atoms with Gasteiger partial charge in [-0.15, -0.1) is 0 Å². The van der Waals surface area contributed by atoms with Crippen LogP contribution in [0.15, 0.2) is 40.4 Å². The van der Waals surface area contributed by atoms with Gasteiger partial charge < -0.3 is 19.3 Å². The van der Waals surface area contributed by atoms with E-state index in [4.69, 9.17) is 4.74 Å². The van der Waals surface area contributed by atoms with E-state index in [9.17, 15) is 19.5 Å². The van der Waals surface area contributed by atoms with Crippen LogP contribution in [0.1, 0.15) is 10.4 Å². The molecule has 1 unspecified atom stereocenters. The van der Waals surface area contributed by atoms with Gasteiger partial charge in [-0.3, -0.25) is 18.9 Å². The van der Waals surface area contributed by atoms with E-state index in [1.165, 1.54) is 28.7 Å². The third-order valence-corrected chi connectivity index (χ3v) is 4.75. The van der Waals surface area contributed by atoms with Crippen molar-refractivity contribution in [2.45, 2.75) is 12.6 Å². The number of carbonyl (C=O) groups excluding carboxylic acids is 1. The highest BCUT2D eigenvalue weighted by Crippen LogP contribution is 2.07. The number of fused-ring (bicyclic) bond motifs is 1. The number of hydrogen-bond acceptors (Lipinski definition) is 8. The first-order chi connectivity index (χ1) is 14.3. The molecule has 3 rings (SSSR count). The lowest BCUT2D eigenvalue weighted by molar-refractivity contribution is 0.0440. The van der Waals surface area contributed by atoms with Crippen molar-refractivity contribution in [1.29, 1.82) is 0 Å². The molecule has 3 heterocycles. The predicted molar refractivity (Wildman–Crippen MR) is 108 cm³/mol. The molecule has 3 aromatic heterocycles. The largest absolute Gasteiger partial charge is 0.461 e. The summed E-state index contributed by atoms with van der Waals surface area (Å²) in [4.78, 5) is 46.2. The lowest BCUT2D eigenvalue weighted by Gasteiger charge is -2.20. The van der Waals surface area contributed by atoms with Gasteiger partial charge in [-0.25, -0.2) is 14.6 Å². The van der Waals surface area contributed by atoms with Gasteiger partial charge in [0.1, 0.15) is 6.61 Å². The molecule has 0 aliphatic rings. The molecular formula is C19H24N6O5. The summed E-state index contributed by atoms with van der Waals surface area (Å²) in [5, 5.41) is 10.4. The van der Waals surface area contributed by atoms with Gasteiger partial charge in [0.15, 0.2) is 11.2 Å². The Morgan fingerprint density at radius 1 is 1.30 bits per heavy atom. The fourth-order valence-corrected chi connectivity index (χ4v) is 3.13. The van der Waals surface area contributed by atoms with Crippen LogP contribution in [0.25, 0.3) is 11.2 Å². The standard InChI is InChI=1S/C19H24N6O5/c1-22(7-8-30-18(28)13-5-4-6-20-9-13)10-14(26)11-25-12-21-16-15(25)17(27)24(3)19(29)23(16)2/h4-6,9,12,14,26H,7-8,10-11H2,1-3H3. The van der Waals surface area contributed by atoms with Crippen LogP contribution in [-0.2, 0) is 25.4 Å². The van der Waals surface area contributed by atoms with Crippen molar-refractivity contribution in [3.8, 4) is 0 Å². The molecule has 0 aromatic carbocycles. The number of aromatic nitrogens is 5. The normalized spacial score (nSPS) is 12.4. The fourth-order valence-electron chi connectivity index (χ4n) is 3.13. The molecule has 0 spiro atoms. The molecular weight excluding hydrogens is 392 g/mol. The molecule has 0 bridgehead atoms. The Labute approximate surface area is 171 Å². The number of aliphatic hydroxyl groups is 1. The van der Waals surface area contributed by atoms with Crippen LogP contribution >= 0.6 is 0 Å². The summed E-state index contributed by atoms with van der Waals surface area (Å²) < 4.78 is 9.05. The van der Waals surface area contributed by atoms with Gasteiger partial charge >= 0.3 is 11.7 Å². The van der Waals surface area contributed by atoms with Crippen molar-refractivity contribution in [1.82, 2.24) is 28.6 Å². The number of likely N-dealkylation sites (N-methyl/N-ethyl adjacent to an activating group) is 1. The second-order valence-corrected chi connectivity index (χ2v) is 7.07. The molecule has 0 aliphatic heterocycles. The van der Waals surface area contributed by atoms with Crippen molar-refractivity contribution < 1.29 is 14.6 Å². The number of ether oxygens (including phenoxy) is 1. The zero-order chi connectivity index (χ0) is 21.8. The molecule has 0 amide bonds. The lowest BCUT2D eigenvalue weighted by atomic mass is 10.3. The number of rotatable bonds is 8. The number of esters is 1. The maximum Gasteiger partial charge on any atom is 0.339 e. The fraction of sp³-hybridized carbons (Fsp3) is 0.421. The van der Waals surface area contributed by atoms with Crippen LogP contribution in [0.2, 0.25) is 0 Å². The lowest BCUT2D eigenvalue weighted by Crippen LogP contribution is -2.38. The average molecular weight is 416 g/mol. The predicted octanol–water partition coefficient (Wildman–Crippen LogP) is -1.02. The Morgan fingerprint density at radius 3 is 2.77 bits per heavy atom. The van der Waals surface area contributed by atoms with E-state index in [0.29, 0.717) is 12.1 Å². The van der Waals surface area contributed by atoms with E-state index < -0.39 is 23.3 Å². The summed E-state index contributed by atoms with van der Waals surface area (Å²) in [5.41, 5.74) is -0.0202. The van der Waals surface area contributed by atoms with E-state index in [1.807, 2.05) is 4.90 Å². The second-order valence-electron chi connectivity index (χ2n) is 7.07. The number of hydrogen-bond donors (Lipinski definition) is 1. The summed E-state index contributed by atoms with van der Waals surface area (Å²) in [6, 6.07) is 3.28. The molecule has 0 saturated carbocycles. The first-order valence-corrected chi connectivity index (χ1v) is 9.34. The summed E-state index contributed by atoms with van der Waals surface area (Å²) in [6.07, 6.45) is 3.64. The van der Waals surface area contributed by atoms with Gasteiger partial charge in [-0.05, 0) is 19.2 Å². The Kier molecular flexibility index (Phi) is 6.43. The third kappa shape index (κ3) is 4.47. The minimum Gasteiger partial charge on any atom is -0.461 e. The number of carbonyl (C=O) groups is 1. The minimum atomic E-state index is -0.802. The molecule has 160 valence electrons. The van der Waals surface area contributed by atoms with Crippen molar-refractivity contribution >= 4 is 17.1 Å². The number of imidazole rings is 1. The minimum absolute atomic E-state index is 0.129. The smallest absolute Gasteiger partial charge is 0.339 e. The zero-order valence-corrected chi connectivity index (χ0v) is 17.1. The van der Waals surface area contributed by atoms with Gasteiger partial charge in [-0.1, -0.05) is 0 Å². The molecule has 0 aliphatic carbocycles. The zero-order valence-electron chi connectivity index (χ0n) is 17.1. The van der Waals surface area contributed by atoms with Crippen LogP contribution in [0.4, 0.5) is 0 Å². The maximum absolute atomic E-state index is 12.5. The van der Waals surface area contributed by atoms with Crippen molar-refractivity contribution in [3.63, 3.8) is 0 Å². The highest BCUT2D eigenvalue weighted by Gasteiger charge is 2.17. The van der Waals surface area contributed by atoms with Crippen molar-refractivity contribution in [2.24, 2.45) is 14.1 Å². The number of aryl methyl sites for hydroxylation is 1. The molecule has 30 heavy (non-hydrogen) atoms. The Morgan fingerprint density at radius 2 is 2.07 bits per heavy atom. The Balaban J connectivity index is 1.57. The molecule has 1 N–H and O–H groups in total. The first-order valence-electron chi connectivity index (χ1n) is 9.34. The molecule has 11 heteroatoms. The van der Waals surface area contributed by atoms with Crippen LogP contribution in [0.3, 0.4) is 0 Å². The van der Waals surface area contributed by atoms with E-state index in [1.54, 1.807) is 32.4 Å². The summed E-state index contributed by atoms with van der Waals surface area (Å²) in [5.74, 6) is -0.455. The second kappa shape index (κ2) is 9.01. The van der Waals surface area contributed by atoms with Gasteiger partial charge in [0.25, 0.3) is 5.56 Å². The van der Waals surface area contributed by atoms with Crippen LogP contribution in [0.5, 0.6) is 0 Å². The quantitative estimate of drug-likeness (QED) is 0.463. The average Bonchev–Trinajstić information content (AvgIpc) is 3.14. The number of nitrogens with zero attached hydrogens (tertiary/aromatic N) is 6. The maximum atomic E-state index is 12.5. The van der Waals surface area contributed by atoms with E-state index >= 15 is 0 Å². The highest BCUT2D eigenvalue weighted by molar-refractivity contribution is 5.88. The highest BCUT2D eigenvalue weighted by atomic mass is 16.5. The van der Waals surface area contributed by atoms with Gasteiger partial charge in [-0.2, -0.15) is 0 Å². The van der Waals surface area contributed by atoms with Gasteiger partial charge in [0.05, 0.1) is 24.5 Å². The van der Waals surface area contributed by atoms with Gasteiger partial charge in [0, 0.05) is 39.6 Å². The molecule has 0 fully saturated rings. The number of aliphatic hydroxyl groups excluding tert-OH is 1. The summed E-state index contributed by atoms with van der Waals surface area (Å²) in [7, 11) is 4.73. The number of pyridine rings is 1. The van der Waals surface area contributed by atoms with Gasteiger partial charge in [0.2, 0.25) is 0 Å². The molecule has 0 saturated heterocycles. The van der Waals surface area contributed by atoms with E-state index in [0.717, 1.165) is 4.57 Å². The Bertz CT molecular complexity index is 1150.